The average Bonchev–Trinajstić information content (AvgIpc) is 2.78. The van der Waals surface area contributed by atoms with Crippen LogP contribution < -0.4 is 4.90 Å². The summed E-state index contributed by atoms with van der Waals surface area (Å²) < 4.78 is 128. The third-order valence-electron chi connectivity index (χ3n) is 5.08. The fourth-order valence-electron chi connectivity index (χ4n) is 3.38. The standard InChI is InChI=1S/C22H22F9N/c1-3-5-7-8-10-32(9-6-4-2)22-12(15(25)18(28)20(30)21(22)31)11-13(23)16(26)19(29)17(27)14(11)24/h3-10H2,1-2H3. The van der Waals surface area contributed by atoms with Gasteiger partial charge in [-0.05, 0) is 12.8 Å². The molecule has 0 aliphatic carbocycles. The lowest BCUT2D eigenvalue weighted by Gasteiger charge is -2.28. The second-order valence-corrected chi connectivity index (χ2v) is 7.33. The molecule has 1 nitrogen and oxygen atoms in total. The van der Waals surface area contributed by atoms with E-state index in [0.29, 0.717) is 25.7 Å². The van der Waals surface area contributed by atoms with Gasteiger partial charge < -0.3 is 4.90 Å². The highest BCUT2D eigenvalue weighted by Gasteiger charge is 2.35. The first-order valence-corrected chi connectivity index (χ1v) is 10.2. The Morgan fingerprint density at radius 2 is 0.844 bits per heavy atom. The molecule has 0 atom stereocenters. The quantitative estimate of drug-likeness (QED) is 0.148. The van der Waals surface area contributed by atoms with E-state index < -0.39 is 69.2 Å². The smallest absolute Gasteiger partial charge is 0.200 e. The van der Waals surface area contributed by atoms with Crippen LogP contribution in [0.2, 0.25) is 0 Å². The van der Waals surface area contributed by atoms with Crippen molar-refractivity contribution in [1.29, 1.82) is 0 Å². The molecule has 0 spiro atoms. The van der Waals surface area contributed by atoms with Crippen LogP contribution in [0.15, 0.2) is 0 Å². The third-order valence-corrected chi connectivity index (χ3v) is 5.08. The number of benzene rings is 2. The van der Waals surface area contributed by atoms with Crippen molar-refractivity contribution in [3.63, 3.8) is 0 Å². The van der Waals surface area contributed by atoms with Gasteiger partial charge in [0.1, 0.15) is 0 Å². The van der Waals surface area contributed by atoms with E-state index in [4.69, 9.17) is 0 Å². The first-order chi connectivity index (χ1) is 15.1. The zero-order valence-corrected chi connectivity index (χ0v) is 17.5. The SMILES string of the molecule is CCCCCCN(CCCC)c1c(F)c(F)c(F)c(F)c1-c1c(F)c(F)c(F)c(F)c1F. The molecule has 0 amide bonds. The Morgan fingerprint density at radius 1 is 0.438 bits per heavy atom. The predicted octanol–water partition coefficient (Wildman–Crippen LogP) is 7.79. The number of hydrogen-bond donors (Lipinski definition) is 0. The van der Waals surface area contributed by atoms with Gasteiger partial charge in [0.25, 0.3) is 0 Å². The fourth-order valence-corrected chi connectivity index (χ4v) is 3.38. The van der Waals surface area contributed by atoms with Crippen LogP contribution in [0, 0.1) is 52.4 Å². The van der Waals surface area contributed by atoms with Crippen molar-refractivity contribution < 1.29 is 39.5 Å². The van der Waals surface area contributed by atoms with Crippen LogP contribution >= 0.6 is 0 Å². The molecule has 0 fully saturated rings. The maximum Gasteiger partial charge on any atom is 0.200 e. The maximum atomic E-state index is 14.9. The maximum absolute atomic E-state index is 14.9. The van der Waals surface area contributed by atoms with E-state index in [2.05, 4.69) is 0 Å². The van der Waals surface area contributed by atoms with Crippen LogP contribution in [0.25, 0.3) is 11.1 Å². The van der Waals surface area contributed by atoms with Gasteiger partial charge in [-0.1, -0.05) is 39.5 Å². The number of halogens is 9. The molecule has 0 bridgehead atoms. The van der Waals surface area contributed by atoms with Crippen molar-refractivity contribution >= 4 is 5.69 Å². The highest BCUT2D eigenvalue weighted by molar-refractivity contribution is 5.81. The Morgan fingerprint density at radius 3 is 1.34 bits per heavy atom. The summed E-state index contributed by atoms with van der Waals surface area (Å²) in [6.07, 6.45) is 3.51. The first-order valence-electron chi connectivity index (χ1n) is 10.2. The third kappa shape index (κ3) is 4.83. The number of unbranched alkanes of at least 4 members (excludes halogenated alkanes) is 4. The van der Waals surface area contributed by atoms with Crippen LogP contribution in [-0.4, -0.2) is 13.1 Å². The Bertz CT molecular complexity index is 946. The van der Waals surface area contributed by atoms with Crippen molar-refractivity contribution in [2.24, 2.45) is 0 Å². The lowest BCUT2D eigenvalue weighted by molar-refractivity contribution is 0.379. The zero-order valence-electron chi connectivity index (χ0n) is 17.5. The molecule has 0 aromatic heterocycles. The number of anilines is 1. The van der Waals surface area contributed by atoms with Crippen LogP contribution in [0.3, 0.4) is 0 Å². The van der Waals surface area contributed by atoms with Gasteiger partial charge in [-0.2, -0.15) is 0 Å². The highest BCUT2D eigenvalue weighted by Crippen LogP contribution is 2.42. The van der Waals surface area contributed by atoms with Crippen molar-refractivity contribution in [2.75, 3.05) is 18.0 Å². The molecule has 0 radical (unpaired) electrons. The molecule has 0 saturated heterocycles. The van der Waals surface area contributed by atoms with E-state index in [-0.39, 0.29) is 13.1 Å². The summed E-state index contributed by atoms with van der Waals surface area (Å²) in [5.74, 6) is -21.2. The second kappa shape index (κ2) is 11.0. The summed E-state index contributed by atoms with van der Waals surface area (Å²) in [6.45, 7) is 3.58. The Balaban J connectivity index is 2.85. The first kappa shape index (κ1) is 25.9. The molecule has 0 unspecified atom stereocenters. The minimum Gasteiger partial charge on any atom is -0.368 e. The minimum atomic E-state index is -2.52. The van der Waals surface area contributed by atoms with Crippen LogP contribution in [0.1, 0.15) is 52.4 Å². The monoisotopic (exact) mass is 471 g/mol. The molecule has 0 N–H and O–H groups in total. The van der Waals surface area contributed by atoms with Crippen molar-refractivity contribution in [3.05, 3.63) is 52.4 Å². The Hall–Kier alpha value is -2.39. The van der Waals surface area contributed by atoms with Gasteiger partial charge in [0.2, 0.25) is 5.82 Å². The lowest BCUT2D eigenvalue weighted by atomic mass is 9.98. The van der Waals surface area contributed by atoms with Gasteiger partial charge in [0, 0.05) is 13.1 Å². The van der Waals surface area contributed by atoms with Crippen LogP contribution in [-0.2, 0) is 0 Å². The van der Waals surface area contributed by atoms with Crippen LogP contribution in [0.5, 0.6) is 0 Å². The second-order valence-electron chi connectivity index (χ2n) is 7.33. The van der Waals surface area contributed by atoms with Gasteiger partial charge in [0.15, 0.2) is 46.5 Å². The summed E-state index contributed by atoms with van der Waals surface area (Å²) in [5, 5.41) is 0. The van der Waals surface area contributed by atoms with Gasteiger partial charge >= 0.3 is 0 Å². The molecule has 32 heavy (non-hydrogen) atoms. The molecule has 178 valence electrons. The molecule has 2 rings (SSSR count). The van der Waals surface area contributed by atoms with Crippen molar-refractivity contribution in [2.45, 2.75) is 52.4 Å². The summed E-state index contributed by atoms with van der Waals surface area (Å²) in [6, 6.07) is 0. The summed E-state index contributed by atoms with van der Waals surface area (Å²) in [7, 11) is 0. The van der Waals surface area contributed by atoms with Crippen molar-refractivity contribution in [3.8, 4) is 11.1 Å². The average molecular weight is 471 g/mol. The van der Waals surface area contributed by atoms with Crippen molar-refractivity contribution in [1.82, 2.24) is 0 Å². The van der Waals surface area contributed by atoms with Gasteiger partial charge in [0.05, 0.1) is 16.8 Å². The Kier molecular flexibility index (Phi) is 8.86. The van der Waals surface area contributed by atoms with E-state index in [9.17, 15) is 39.5 Å². The van der Waals surface area contributed by atoms with Gasteiger partial charge in [-0.25, -0.2) is 39.5 Å². The normalized spacial score (nSPS) is 11.3. The predicted molar refractivity (Wildman–Crippen MR) is 103 cm³/mol. The molecule has 0 heterocycles. The van der Waals surface area contributed by atoms with E-state index in [1.807, 2.05) is 6.92 Å². The van der Waals surface area contributed by atoms with Gasteiger partial charge in [-0.3, -0.25) is 0 Å². The summed E-state index contributed by atoms with van der Waals surface area (Å²) in [5.41, 5.74) is -4.50. The number of rotatable bonds is 10. The highest BCUT2D eigenvalue weighted by atomic mass is 19.2. The van der Waals surface area contributed by atoms with E-state index in [0.717, 1.165) is 17.7 Å². The van der Waals surface area contributed by atoms with E-state index in [1.165, 1.54) is 0 Å². The Labute approximate surface area is 179 Å². The fraction of sp³-hybridized carbons (Fsp3) is 0.455. The number of nitrogens with zero attached hydrogens (tertiary/aromatic N) is 1. The minimum absolute atomic E-state index is 0.0379. The largest absolute Gasteiger partial charge is 0.368 e. The molecular weight excluding hydrogens is 449 g/mol. The molecule has 2 aromatic carbocycles. The molecule has 2 aromatic rings. The zero-order chi connectivity index (χ0) is 24.2. The molecule has 0 aliphatic heterocycles. The molecule has 0 saturated carbocycles. The molecule has 0 aliphatic rings. The lowest BCUT2D eigenvalue weighted by Crippen LogP contribution is -2.29. The van der Waals surface area contributed by atoms with Crippen LogP contribution in [0.4, 0.5) is 45.2 Å². The van der Waals surface area contributed by atoms with E-state index in [1.54, 1.807) is 6.92 Å². The number of hydrogen-bond acceptors (Lipinski definition) is 1. The van der Waals surface area contributed by atoms with Gasteiger partial charge in [-0.15, -0.1) is 0 Å². The summed E-state index contributed by atoms with van der Waals surface area (Å²) in [4.78, 5) is 1.05. The van der Waals surface area contributed by atoms with E-state index >= 15 is 0 Å². The topological polar surface area (TPSA) is 3.24 Å². The molecule has 10 heteroatoms. The summed E-state index contributed by atoms with van der Waals surface area (Å²) >= 11 is 0. The molecular formula is C22H22F9N.